The molecule has 1 unspecified atom stereocenters. The maximum absolute atomic E-state index is 15.1. The van der Waals surface area contributed by atoms with E-state index in [9.17, 15) is 19.6 Å². The SMILES string of the molecule is COC(=O)NCC1CN(c2cc(F)c(N3CCN(C(=O)C/C=C/C(=N\O)c4ccccc4)CC3)c(F)c2)C(=O)O1.NC=O. The van der Waals surface area contributed by atoms with Gasteiger partial charge in [0.15, 0.2) is 11.6 Å². The second kappa shape index (κ2) is 15.7. The molecular weight excluding hydrogens is 570 g/mol. The van der Waals surface area contributed by atoms with Crippen molar-refractivity contribution in [2.75, 3.05) is 56.2 Å². The molecule has 13 nitrogen and oxygen atoms in total. The number of carbonyl (C=O) groups excluding carboxylic acids is 4. The molecular formula is C28H32F2N6O7. The number of benzene rings is 2. The van der Waals surface area contributed by atoms with Crippen LogP contribution in [0, 0.1) is 11.6 Å². The molecule has 2 aliphatic heterocycles. The third kappa shape index (κ3) is 8.64. The predicted molar refractivity (Wildman–Crippen MR) is 152 cm³/mol. The van der Waals surface area contributed by atoms with Crippen LogP contribution in [0.15, 0.2) is 59.8 Å². The third-order valence-corrected chi connectivity index (χ3v) is 6.54. The van der Waals surface area contributed by atoms with E-state index in [0.717, 1.165) is 17.0 Å². The summed E-state index contributed by atoms with van der Waals surface area (Å²) in [6.07, 6.45) is 1.30. The molecule has 4 rings (SSSR count). The first-order valence-corrected chi connectivity index (χ1v) is 13.1. The fraction of sp³-hybridized carbons (Fsp3) is 0.321. The van der Waals surface area contributed by atoms with Crippen LogP contribution in [-0.2, 0) is 19.1 Å². The summed E-state index contributed by atoms with van der Waals surface area (Å²) in [6, 6.07) is 11.1. The molecule has 15 heteroatoms. The molecule has 0 saturated carbocycles. The van der Waals surface area contributed by atoms with Crippen LogP contribution in [-0.4, -0.2) is 92.8 Å². The molecule has 43 heavy (non-hydrogen) atoms. The van der Waals surface area contributed by atoms with E-state index in [1.807, 2.05) is 6.07 Å². The van der Waals surface area contributed by atoms with E-state index in [1.54, 1.807) is 41.3 Å². The van der Waals surface area contributed by atoms with Gasteiger partial charge in [-0.25, -0.2) is 18.4 Å². The number of oxime groups is 1. The standard InChI is InChI=1S/C27H29F2N5O6.CH3NO/c1-39-26(36)30-16-20-17-34(27(37)40-20)19-14-21(28)25(22(29)15-19)33-12-10-32(11-13-33)24(35)9-5-8-23(31-38)18-6-3-2-4-7-18;2-1-3/h2-8,14-15,20,38H,9-13,16-17H2,1H3,(H,30,36);1H,(H2,2,3)/b8-5+,31-23+;. The van der Waals surface area contributed by atoms with Gasteiger partial charge in [-0.1, -0.05) is 41.6 Å². The molecule has 2 saturated heterocycles. The normalized spacial score (nSPS) is 16.8. The van der Waals surface area contributed by atoms with Gasteiger partial charge in [-0.3, -0.25) is 14.5 Å². The molecule has 1 atom stereocenters. The molecule has 230 valence electrons. The molecule has 2 aromatic rings. The van der Waals surface area contributed by atoms with E-state index in [1.165, 1.54) is 12.0 Å². The minimum absolute atomic E-state index is 0.00666. The number of halogens is 2. The van der Waals surface area contributed by atoms with Crippen LogP contribution in [0.25, 0.3) is 0 Å². The van der Waals surface area contributed by atoms with E-state index in [0.29, 0.717) is 11.3 Å². The van der Waals surface area contributed by atoms with Crippen molar-refractivity contribution >= 4 is 41.6 Å². The van der Waals surface area contributed by atoms with Crippen LogP contribution in [0.5, 0.6) is 0 Å². The molecule has 0 spiro atoms. The van der Waals surface area contributed by atoms with Gasteiger partial charge in [0.2, 0.25) is 12.3 Å². The van der Waals surface area contributed by atoms with Gasteiger partial charge in [0.25, 0.3) is 0 Å². The zero-order chi connectivity index (χ0) is 31.4. The van der Waals surface area contributed by atoms with Gasteiger partial charge in [-0.2, -0.15) is 0 Å². The molecule has 0 aromatic heterocycles. The number of allylic oxidation sites excluding steroid dienone is 1. The highest BCUT2D eigenvalue weighted by atomic mass is 19.1. The maximum atomic E-state index is 15.1. The molecule has 0 radical (unpaired) electrons. The second-order valence-corrected chi connectivity index (χ2v) is 9.21. The number of amides is 4. The first-order chi connectivity index (χ1) is 20.7. The van der Waals surface area contributed by atoms with Crippen molar-refractivity contribution in [3.63, 3.8) is 0 Å². The Balaban J connectivity index is 0.00000162. The number of carbonyl (C=O) groups is 4. The summed E-state index contributed by atoms with van der Waals surface area (Å²) in [7, 11) is 1.20. The fourth-order valence-electron chi connectivity index (χ4n) is 4.49. The number of nitrogens with zero attached hydrogens (tertiary/aromatic N) is 4. The average molecular weight is 603 g/mol. The highest BCUT2D eigenvalue weighted by Gasteiger charge is 2.34. The summed E-state index contributed by atoms with van der Waals surface area (Å²) < 4.78 is 39.8. The Hall–Kier alpha value is -5.21. The first-order valence-electron chi connectivity index (χ1n) is 13.1. The number of cyclic esters (lactones) is 1. The van der Waals surface area contributed by atoms with Gasteiger partial charge in [0, 0.05) is 50.3 Å². The number of nitrogens with one attached hydrogen (secondary N) is 1. The highest BCUT2D eigenvalue weighted by Crippen LogP contribution is 2.31. The van der Waals surface area contributed by atoms with Crippen LogP contribution >= 0.6 is 0 Å². The van der Waals surface area contributed by atoms with Gasteiger partial charge in [0.05, 0.1) is 25.9 Å². The third-order valence-electron chi connectivity index (χ3n) is 6.54. The average Bonchev–Trinajstić information content (AvgIpc) is 3.39. The molecule has 4 N–H and O–H groups in total. The van der Waals surface area contributed by atoms with Gasteiger partial charge >= 0.3 is 12.2 Å². The van der Waals surface area contributed by atoms with Crippen molar-refractivity contribution in [3.05, 3.63) is 71.8 Å². The Morgan fingerprint density at radius 2 is 1.79 bits per heavy atom. The lowest BCUT2D eigenvalue weighted by Gasteiger charge is -2.36. The van der Waals surface area contributed by atoms with Gasteiger partial charge in [0.1, 0.15) is 17.5 Å². The Morgan fingerprint density at radius 3 is 2.37 bits per heavy atom. The van der Waals surface area contributed by atoms with E-state index in [4.69, 9.17) is 9.53 Å². The molecule has 2 aliphatic rings. The number of anilines is 2. The number of ether oxygens (including phenoxy) is 2. The number of piperazine rings is 1. The number of rotatable bonds is 8. The monoisotopic (exact) mass is 602 g/mol. The minimum atomic E-state index is -0.849. The summed E-state index contributed by atoms with van der Waals surface area (Å²) in [5, 5.41) is 14.9. The lowest BCUT2D eigenvalue weighted by Crippen LogP contribution is -2.49. The molecule has 2 aromatic carbocycles. The summed E-state index contributed by atoms with van der Waals surface area (Å²) in [6.45, 7) is 0.930. The van der Waals surface area contributed by atoms with Gasteiger partial charge in [-0.05, 0) is 6.08 Å². The first kappa shape index (κ1) is 32.3. The smallest absolute Gasteiger partial charge is 0.414 e. The summed E-state index contributed by atoms with van der Waals surface area (Å²) in [5.74, 6) is -1.86. The lowest BCUT2D eigenvalue weighted by atomic mass is 10.1. The number of hydrogen-bond acceptors (Lipinski definition) is 9. The van der Waals surface area contributed by atoms with Crippen LogP contribution in [0.4, 0.5) is 29.7 Å². The number of methoxy groups -OCH3 is 1. The quantitative estimate of drug-likeness (QED) is 0.179. The Morgan fingerprint density at radius 1 is 1.16 bits per heavy atom. The van der Waals surface area contributed by atoms with E-state index in [-0.39, 0.29) is 69.4 Å². The summed E-state index contributed by atoms with van der Waals surface area (Å²) in [5.41, 5.74) is 4.95. The van der Waals surface area contributed by atoms with Crippen molar-refractivity contribution in [2.45, 2.75) is 12.5 Å². The van der Waals surface area contributed by atoms with Crippen LogP contribution in [0.3, 0.4) is 0 Å². The van der Waals surface area contributed by atoms with Crippen molar-refractivity contribution in [3.8, 4) is 0 Å². The number of nitrogens with two attached hydrogens (primary N) is 1. The molecule has 0 bridgehead atoms. The molecule has 4 amide bonds. The summed E-state index contributed by atoms with van der Waals surface area (Å²) >= 11 is 0. The van der Waals surface area contributed by atoms with E-state index >= 15 is 8.78 Å². The van der Waals surface area contributed by atoms with Crippen molar-refractivity contribution in [2.24, 2.45) is 10.9 Å². The Bertz CT molecular complexity index is 1330. The summed E-state index contributed by atoms with van der Waals surface area (Å²) in [4.78, 5) is 48.9. The minimum Gasteiger partial charge on any atom is -0.453 e. The van der Waals surface area contributed by atoms with Crippen LogP contribution in [0.2, 0.25) is 0 Å². The number of hydrogen-bond donors (Lipinski definition) is 3. The highest BCUT2D eigenvalue weighted by molar-refractivity contribution is 6.08. The van der Waals surface area contributed by atoms with Crippen molar-refractivity contribution in [1.82, 2.24) is 10.2 Å². The molecule has 2 heterocycles. The van der Waals surface area contributed by atoms with Gasteiger partial charge < -0.3 is 35.5 Å². The second-order valence-electron chi connectivity index (χ2n) is 9.21. The number of alkyl carbamates (subject to hydrolysis) is 1. The van der Waals surface area contributed by atoms with E-state index in [2.05, 4.69) is 20.9 Å². The van der Waals surface area contributed by atoms with Crippen molar-refractivity contribution < 1.29 is 42.6 Å². The fourth-order valence-corrected chi connectivity index (χ4v) is 4.49. The predicted octanol–water partition coefficient (Wildman–Crippen LogP) is 2.22. The van der Waals surface area contributed by atoms with Crippen LogP contribution in [0.1, 0.15) is 12.0 Å². The van der Waals surface area contributed by atoms with Crippen molar-refractivity contribution in [1.29, 1.82) is 0 Å². The number of primary amides is 1. The molecule has 2 fully saturated rings. The lowest BCUT2D eigenvalue weighted by molar-refractivity contribution is -0.130. The molecule has 0 aliphatic carbocycles. The Kier molecular flexibility index (Phi) is 11.8. The zero-order valence-electron chi connectivity index (χ0n) is 23.3. The maximum Gasteiger partial charge on any atom is 0.414 e. The largest absolute Gasteiger partial charge is 0.453 e. The van der Waals surface area contributed by atoms with E-state index < -0.39 is 29.9 Å². The van der Waals surface area contributed by atoms with Crippen LogP contribution < -0.4 is 20.9 Å². The topological polar surface area (TPSA) is 167 Å². The zero-order valence-corrected chi connectivity index (χ0v) is 23.3. The Labute approximate surface area is 246 Å². The van der Waals surface area contributed by atoms with Gasteiger partial charge in [-0.15, -0.1) is 0 Å².